The van der Waals surface area contributed by atoms with Crippen LogP contribution < -0.4 is 5.32 Å². The smallest absolute Gasteiger partial charge is 0.321 e. The maximum atomic E-state index is 12.3. The summed E-state index contributed by atoms with van der Waals surface area (Å²) in [6.45, 7) is 7.51. The lowest BCUT2D eigenvalue weighted by Gasteiger charge is -2.31. The van der Waals surface area contributed by atoms with Crippen LogP contribution in [0.5, 0.6) is 0 Å². The van der Waals surface area contributed by atoms with E-state index in [9.17, 15) is 9.90 Å². The Balaban J connectivity index is 2.12. The van der Waals surface area contributed by atoms with E-state index in [0.29, 0.717) is 13.1 Å². The minimum atomic E-state index is -0.396. The third-order valence-corrected chi connectivity index (χ3v) is 3.66. The van der Waals surface area contributed by atoms with Crippen LogP contribution in [0.4, 0.5) is 10.5 Å². The predicted octanol–water partition coefficient (Wildman–Crippen LogP) is 2.97. The van der Waals surface area contributed by atoms with Crippen molar-refractivity contribution in [3.05, 3.63) is 29.8 Å². The average molecular weight is 276 g/mol. The summed E-state index contributed by atoms with van der Waals surface area (Å²) in [6.07, 6.45) is 1.24. The number of nitrogens with one attached hydrogen (secondary N) is 1. The fraction of sp³-hybridized carbons (Fsp3) is 0.562. The Labute approximate surface area is 120 Å². The van der Waals surface area contributed by atoms with E-state index in [2.05, 4.69) is 26.1 Å². The Kier molecular flexibility index (Phi) is 4.33. The minimum Gasteiger partial charge on any atom is -0.391 e. The van der Waals surface area contributed by atoms with E-state index >= 15 is 0 Å². The highest BCUT2D eigenvalue weighted by atomic mass is 16.3. The summed E-state index contributed by atoms with van der Waals surface area (Å²) in [6, 6.07) is 7.76. The molecular formula is C16H24N2O2. The number of anilines is 1. The molecule has 1 aromatic carbocycles. The molecule has 1 aromatic rings. The van der Waals surface area contributed by atoms with Gasteiger partial charge < -0.3 is 15.3 Å². The SMILES string of the molecule is CC(C)(C)c1ccccc1NC(=O)N1CCCC(O)C1. The molecule has 20 heavy (non-hydrogen) atoms. The lowest BCUT2D eigenvalue weighted by atomic mass is 9.86. The molecule has 2 amide bonds. The number of likely N-dealkylation sites (tertiary alicyclic amines) is 1. The van der Waals surface area contributed by atoms with Crippen molar-refractivity contribution in [2.24, 2.45) is 0 Å². The molecule has 0 aliphatic carbocycles. The lowest BCUT2D eigenvalue weighted by Crippen LogP contribution is -2.44. The fourth-order valence-corrected chi connectivity index (χ4v) is 2.58. The number of benzene rings is 1. The van der Waals surface area contributed by atoms with E-state index < -0.39 is 6.10 Å². The van der Waals surface area contributed by atoms with Crippen LogP contribution in [-0.2, 0) is 5.41 Å². The maximum absolute atomic E-state index is 12.3. The average Bonchev–Trinajstić information content (AvgIpc) is 2.38. The van der Waals surface area contributed by atoms with E-state index in [0.717, 1.165) is 24.1 Å². The number of para-hydroxylation sites is 1. The number of carbonyl (C=O) groups excluding carboxylic acids is 1. The summed E-state index contributed by atoms with van der Waals surface area (Å²) < 4.78 is 0. The van der Waals surface area contributed by atoms with Crippen LogP contribution in [0.25, 0.3) is 0 Å². The first kappa shape index (κ1) is 14.9. The van der Waals surface area contributed by atoms with E-state index in [4.69, 9.17) is 0 Å². The number of amides is 2. The summed E-state index contributed by atoms with van der Waals surface area (Å²) in [5.41, 5.74) is 1.95. The molecule has 0 saturated carbocycles. The van der Waals surface area contributed by atoms with Crippen molar-refractivity contribution in [1.29, 1.82) is 0 Å². The van der Waals surface area contributed by atoms with Gasteiger partial charge in [0.05, 0.1) is 6.10 Å². The van der Waals surface area contributed by atoms with Crippen molar-refractivity contribution in [3.63, 3.8) is 0 Å². The Morgan fingerprint density at radius 2 is 2.05 bits per heavy atom. The molecule has 1 saturated heterocycles. The molecule has 1 aliphatic heterocycles. The standard InChI is InChI=1S/C16H24N2O2/c1-16(2,3)13-8-4-5-9-14(13)17-15(20)18-10-6-7-12(19)11-18/h4-5,8-9,12,19H,6-7,10-11H2,1-3H3,(H,17,20). The number of hydrogen-bond acceptors (Lipinski definition) is 2. The van der Waals surface area contributed by atoms with E-state index in [-0.39, 0.29) is 11.4 Å². The van der Waals surface area contributed by atoms with Gasteiger partial charge in [0.1, 0.15) is 0 Å². The summed E-state index contributed by atoms with van der Waals surface area (Å²) in [4.78, 5) is 14.0. The van der Waals surface area contributed by atoms with Gasteiger partial charge in [0.2, 0.25) is 0 Å². The van der Waals surface area contributed by atoms with Crippen LogP contribution in [0.1, 0.15) is 39.2 Å². The molecule has 110 valence electrons. The normalized spacial score (nSPS) is 19.8. The highest BCUT2D eigenvalue weighted by molar-refractivity contribution is 5.90. The molecule has 2 N–H and O–H groups in total. The highest BCUT2D eigenvalue weighted by Crippen LogP contribution is 2.29. The third-order valence-electron chi connectivity index (χ3n) is 3.66. The number of β-amino-alcohol motifs (C(OH)–C–C–N with tert-alkyl or cyclic N) is 1. The summed E-state index contributed by atoms with van der Waals surface area (Å²) in [5.74, 6) is 0. The van der Waals surface area contributed by atoms with Gasteiger partial charge >= 0.3 is 6.03 Å². The first-order valence-electron chi connectivity index (χ1n) is 7.21. The molecule has 1 fully saturated rings. The summed E-state index contributed by atoms with van der Waals surface area (Å²) in [7, 11) is 0. The van der Waals surface area contributed by atoms with Gasteiger partial charge in [-0.3, -0.25) is 0 Å². The Morgan fingerprint density at radius 1 is 1.35 bits per heavy atom. The Morgan fingerprint density at radius 3 is 2.70 bits per heavy atom. The molecule has 1 heterocycles. The van der Waals surface area contributed by atoms with Crippen LogP contribution in [-0.4, -0.2) is 35.2 Å². The molecule has 4 nitrogen and oxygen atoms in total. The van der Waals surface area contributed by atoms with Crippen molar-refractivity contribution in [2.45, 2.75) is 45.1 Å². The van der Waals surface area contributed by atoms with E-state index in [1.807, 2.05) is 24.3 Å². The van der Waals surface area contributed by atoms with Crippen LogP contribution in [0.3, 0.4) is 0 Å². The minimum absolute atomic E-state index is 0.0225. The molecule has 1 unspecified atom stereocenters. The molecule has 1 aliphatic rings. The van der Waals surface area contributed by atoms with Crippen molar-refractivity contribution in [3.8, 4) is 0 Å². The van der Waals surface area contributed by atoms with Crippen molar-refractivity contribution in [1.82, 2.24) is 4.90 Å². The molecule has 0 aromatic heterocycles. The van der Waals surface area contributed by atoms with Gasteiger partial charge in [-0.25, -0.2) is 4.79 Å². The van der Waals surface area contributed by atoms with Crippen LogP contribution in [0, 0.1) is 0 Å². The quantitative estimate of drug-likeness (QED) is 0.828. The zero-order valence-electron chi connectivity index (χ0n) is 12.5. The molecule has 0 bridgehead atoms. The number of urea groups is 1. The van der Waals surface area contributed by atoms with E-state index in [1.165, 1.54) is 0 Å². The molecule has 2 rings (SSSR count). The number of aliphatic hydroxyl groups excluding tert-OH is 1. The number of piperidine rings is 1. The monoisotopic (exact) mass is 276 g/mol. The third kappa shape index (κ3) is 3.51. The van der Waals surface area contributed by atoms with Gasteiger partial charge in [-0.1, -0.05) is 39.0 Å². The van der Waals surface area contributed by atoms with Gasteiger partial charge in [-0.2, -0.15) is 0 Å². The lowest BCUT2D eigenvalue weighted by molar-refractivity contribution is 0.0883. The number of carbonyl (C=O) groups is 1. The second-order valence-corrected chi connectivity index (χ2v) is 6.47. The zero-order chi connectivity index (χ0) is 14.8. The van der Waals surface area contributed by atoms with Gasteiger partial charge in [0, 0.05) is 18.8 Å². The predicted molar refractivity (Wildman–Crippen MR) is 81.0 cm³/mol. The molecule has 1 atom stereocenters. The Hall–Kier alpha value is -1.55. The maximum Gasteiger partial charge on any atom is 0.321 e. The van der Waals surface area contributed by atoms with Crippen molar-refractivity contribution >= 4 is 11.7 Å². The van der Waals surface area contributed by atoms with Gasteiger partial charge in [-0.15, -0.1) is 0 Å². The zero-order valence-corrected chi connectivity index (χ0v) is 12.5. The first-order chi connectivity index (χ1) is 9.38. The van der Waals surface area contributed by atoms with Crippen molar-refractivity contribution in [2.75, 3.05) is 18.4 Å². The fourth-order valence-electron chi connectivity index (χ4n) is 2.58. The molecule has 0 radical (unpaired) electrons. The second-order valence-electron chi connectivity index (χ2n) is 6.47. The summed E-state index contributed by atoms with van der Waals surface area (Å²) >= 11 is 0. The second kappa shape index (κ2) is 5.83. The van der Waals surface area contributed by atoms with E-state index in [1.54, 1.807) is 4.90 Å². The van der Waals surface area contributed by atoms with Crippen LogP contribution >= 0.6 is 0 Å². The Bertz CT molecular complexity index is 480. The summed E-state index contributed by atoms with van der Waals surface area (Å²) in [5, 5.41) is 12.6. The van der Waals surface area contributed by atoms with Crippen molar-refractivity contribution < 1.29 is 9.90 Å². The first-order valence-corrected chi connectivity index (χ1v) is 7.21. The number of nitrogens with zero attached hydrogens (tertiary/aromatic N) is 1. The topological polar surface area (TPSA) is 52.6 Å². The number of hydrogen-bond donors (Lipinski definition) is 2. The molecule has 0 spiro atoms. The number of aliphatic hydroxyl groups is 1. The van der Waals surface area contributed by atoms with Gasteiger partial charge in [-0.05, 0) is 29.9 Å². The van der Waals surface area contributed by atoms with Crippen LogP contribution in [0.2, 0.25) is 0 Å². The largest absolute Gasteiger partial charge is 0.391 e. The van der Waals surface area contributed by atoms with Crippen LogP contribution in [0.15, 0.2) is 24.3 Å². The van der Waals surface area contributed by atoms with Gasteiger partial charge in [0.25, 0.3) is 0 Å². The van der Waals surface area contributed by atoms with Gasteiger partial charge in [0.15, 0.2) is 0 Å². The molecular weight excluding hydrogens is 252 g/mol. The molecule has 4 heteroatoms. The highest BCUT2D eigenvalue weighted by Gasteiger charge is 2.24. The number of rotatable bonds is 1.